The minimum Gasteiger partial charge on any atom is -0.454 e. The molecule has 2 aromatic carbocycles. The Bertz CT molecular complexity index is 1230. The highest BCUT2D eigenvalue weighted by molar-refractivity contribution is 7.22. The standard InChI is InChI=1S/C24H25N3O5S/c1-24(2,3)32-23(29)27-9-8-16(12-27)21(28)26-22-25-17-6-4-15(11-20(17)33-22)14-5-7-18-19(10-14)31-13-30-18/h4-7,10-11,16H,8-9,12-13H2,1-3H3,(H,25,26,28)/t16-/m0/s1. The lowest BCUT2D eigenvalue weighted by Gasteiger charge is -2.24. The minimum atomic E-state index is -0.558. The van der Waals surface area contributed by atoms with Crippen LogP contribution >= 0.6 is 11.3 Å². The summed E-state index contributed by atoms with van der Waals surface area (Å²) in [4.78, 5) is 31.2. The molecule has 0 radical (unpaired) electrons. The molecule has 1 atom stereocenters. The predicted molar refractivity (Wildman–Crippen MR) is 126 cm³/mol. The van der Waals surface area contributed by atoms with Crippen molar-refractivity contribution < 1.29 is 23.8 Å². The van der Waals surface area contributed by atoms with Gasteiger partial charge in [0.05, 0.1) is 16.1 Å². The van der Waals surface area contributed by atoms with Gasteiger partial charge in [-0.25, -0.2) is 9.78 Å². The van der Waals surface area contributed by atoms with Crippen LogP contribution in [0.15, 0.2) is 36.4 Å². The van der Waals surface area contributed by atoms with Crippen LogP contribution in [0, 0.1) is 5.92 Å². The molecular formula is C24H25N3O5S. The van der Waals surface area contributed by atoms with Crippen molar-refractivity contribution in [2.24, 2.45) is 5.92 Å². The van der Waals surface area contributed by atoms with Gasteiger partial charge in [-0.2, -0.15) is 0 Å². The van der Waals surface area contributed by atoms with Crippen molar-refractivity contribution in [1.82, 2.24) is 9.88 Å². The third kappa shape index (κ3) is 4.59. The average Bonchev–Trinajstić information content (AvgIpc) is 3.49. The highest BCUT2D eigenvalue weighted by atomic mass is 32.1. The first-order chi connectivity index (χ1) is 15.7. The number of nitrogens with one attached hydrogen (secondary N) is 1. The Balaban J connectivity index is 1.26. The number of hydrogen-bond acceptors (Lipinski definition) is 7. The molecule has 1 saturated heterocycles. The third-order valence-corrected chi connectivity index (χ3v) is 6.47. The summed E-state index contributed by atoms with van der Waals surface area (Å²) >= 11 is 1.43. The predicted octanol–water partition coefficient (Wildman–Crippen LogP) is 4.89. The van der Waals surface area contributed by atoms with Gasteiger partial charge < -0.3 is 24.4 Å². The van der Waals surface area contributed by atoms with Gasteiger partial charge in [-0.1, -0.05) is 23.5 Å². The van der Waals surface area contributed by atoms with Gasteiger partial charge in [0, 0.05) is 13.1 Å². The number of aromatic nitrogens is 1. The molecule has 9 heteroatoms. The smallest absolute Gasteiger partial charge is 0.410 e. The van der Waals surface area contributed by atoms with Crippen molar-refractivity contribution in [2.45, 2.75) is 32.8 Å². The maximum absolute atomic E-state index is 12.8. The van der Waals surface area contributed by atoms with Crippen LogP contribution in [0.5, 0.6) is 11.5 Å². The highest BCUT2D eigenvalue weighted by Gasteiger charge is 2.33. The van der Waals surface area contributed by atoms with Crippen LogP contribution in [0.25, 0.3) is 21.3 Å². The molecule has 5 rings (SSSR count). The summed E-state index contributed by atoms with van der Waals surface area (Å²) in [5.74, 6) is 1.08. The molecular weight excluding hydrogens is 442 g/mol. The van der Waals surface area contributed by atoms with Crippen LogP contribution in [-0.4, -0.2) is 47.4 Å². The lowest BCUT2D eigenvalue weighted by Crippen LogP contribution is -2.36. The number of fused-ring (bicyclic) bond motifs is 2. The zero-order chi connectivity index (χ0) is 23.2. The van der Waals surface area contributed by atoms with Crippen LogP contribution in [0.1, 0.15) is 27.2 Å². The molecule has 2 aliphatic heterocycles. The zero-order valence-electron chi connectivity index (χ0n) is 18.7. The van der Waals surface area contributed by atoms with Gasteiger partial charge in [0.25, 0.3) is 0 Å². The summed E-state index contributed by atoms with van der Waals surface area (Å²) < 4.78 is 17.2. The topological polar surface area (TPSA) is 90.0 Å². The molecule has 3 heterocycles. The number of hydrogen-bond donors (Lipinski definition) is 1. The van der Waals surface area contributed by atoms with Crippen molar-refractivity contribution in [3.63, 3.8) is 0 Å². The second kappa shape index (κ2) is 8.22. The van der Waals surface area contributed by atoms with Crippen molar-refractivity contribution in [2.75, 3.05) is 25.2 Å². The van der Waals surface area contributed by atoms with Crippen LogP contribution in [0.2, 0.25) is 0 Å². The second-order valence-electron chi connectivity index (χ2n) is 9.17. The number of anilines is 1. The first-order valence-electron chi connectivity index (χ1n) is 10.8. The van der Waals surface area contributed by atoms with Crippen molar-refractivity contribution in [3.05, 3.63) is 36.4 Å². The molecule has 1 N–H and O–H groups in total. The van der Waals surface area contributed by atoms with E-state index in [1.54, 1.807) is 4.90 Å². The third-order valence-electron chi connectivity index (χ3n) is 5.54. The lowest BCUT2D eigenvalue weighted by atomic mass is 10.1. The largest absolute Gasteiger partial charge is 0.454 e. The fourth-order valence-electron chi connectivity index (χ4n) is 3.91. The Kier molecular flexibility index (Phi) is 5.36. The van der Waals surface area contributed by atoms with Gasteiger partial charge in [-0.05, 0) is 62.6 Å². The fourth-order valence-corrected chi connectivity index (χ4v) is 4.82. The molecule has 1 aromatic heterocycles. The summed E-state index contributed by atoms with van der Waals surface area (Å²) in [5, 5.41) is 3.48. The molecule has 0 aliphatic carbocycles. The number of benzene rings is 2. The maximum atomic E-state index is 12.8. The highest BCUT2D eigenvalue weighted by Crippen LogP contribution is 2.37. The normalized spacial score (nSPS) is 17.4. The number of ether oxygens (including phenoxy) is 3. The number of nitrogens with zero attached hydrogens (tertiary/aromatic N) is 2. The molecule has 0 spiro atoms. The fraction of sp³-hybridized carbons (Fsp3) is 0.375. The van der Waals surface area contributed by atoms with E-state index in [9.17, 15) is 9.59 Å². The molecule has 1 fully saturated rings. The first kappa shape index (κ1) is 21.5. The lowest BCUT2D eigenvalue weighted by molar-refractivity contribution is -0.119. The van der Waals surface area contributed by atoms with Gasteiger partial charge in [0.1, 0.15) is 5.60 Å². The molecule has 33 heavy (non-hydrogen) atoms. The summed E-state index contributed by atoms with van der Waals surface area (Å²) in [6.45, 7) is 6.58. The molecule has 2 aliphatic rings. The summed E-state index contributed by atoms with van der Waals surface area (Å²) in [5.41, 5.74) is 2.32. The monoisotopic (exact) mass is 467 g/mol. The quantitative estimate of drug-likeness (QED) is 0.590. The Hall–Kier alpha value is -3.33. The van der Waals surface area contributed by atoms with Gasteiger partial charge in [-0.15, -0.1) is 0 Å². The Morgan fingerprint density at radius 3 is 2.70 bits per heavy atom. The molecule has 0 bridgehead atoms. The van der Waals surface area contributed by atoms with Gasteiger partial charge in [0.2, 0.25) is 12.7 Å². The average molecular weight is 468 g/mol. The molecule has 172 valence electrons. The van der Waals surface area contributed by atoms with E-state index in [1.807, 2.05) is 51.1 Å². The van der Waals surface area contributed by atoms with E-state index >= 15 is 0 Å². The van der Waals surface area contributed by atoms with Crippen LogP contribution in [0.4, 0.5) is 9.93 Å². The Labute approximate surface area is 195 Å². The van der Waals surface area contributed by atoms with Gasteiger partial charge >= 0.3 is 6.09 Å². The van der Waals surface area contributed by atoms with E-state index in [1.165, 1.54) is 11.3 Å². The molecule has 0 saturated carbocycles. The number of carbonyl (C=O) groups excluding carboxylic acids is 2. The van der Waals surface area contributed by atoms with E-state index < -0.39 is 5.60 Å². The molecule has 3 aromatic rings. The number of carbonyl (C=O) groups is 2. The Morgan fingerprint density at radius 2 is 1.88 bits per heavy atom. The first-order valence-corrected chi connectivity index (χ1v) is 11.7. The number of amides is 2. The zero-order valence-corrected chi connectivity index (χ0v) is 19.5. The van der Waals surface area contributed by atoms with Crippen LogP contribution < -0.4 is 14.8 Å². The number of rotatable bonds is 3. The molecule has 8 nitrogen and oxygen atoms in total. The Morgan fingerprint density at radius 1 is 1.12 bits per heavy atom. The van der Waals surface area contributed by atoms with E-state index in [0.29, 0.717) is 24.6 Å². The molecule has 0 unspecified atom stereocenters. The van der Waals surface area contributed by atoms with E-state index in [4.69, 9.17) is 14.2 Å². The van der Waals surface area contributed by atoms with Crippen molar-refractivity contribution in [1.29, 1.82) is 0 Å². The van der Waals surface area contributed by atoms with E-state index in [2.05, 4.69) is 16.4 Å². The van der Waals surface area contributed by atoms with Gasteiger partial charge in [-0.3, -0.25) is 4.79 Å². The number of likely N-dealkylation sites (tertiary alicyclic amines) is 1. The molecule has 2 amide bonds. The van der Waals surface area contributed by atoms with Crippen LogP contribution in [0.3, 0.4) is 0 Å². The van der Waals surface area contributed by atoms with Crippen LogP contribution in [-0.2, 0) is 9.53 Å². The van der Waals surface area contributed by atoms with E-state index in [-0.39, 0.29) is 24.7 Å². The van der Waals surface area contributed by atoms with E-state index in [0.717, 1.165) is 32.8 Å². The number of thiazole rings is 1. The summed E-state index contributed by atoms with van der Waals surface area (Å²) in [6, 6.07) is 11.9. The van der Waals surface area contributed by atoms with Gasteiger partial charge in [0.15, 0.2) is 16.6 Å². The minimum absolute atomic E-state index is 0.129. The van der Waals surface area contributed by atoms with Crippen molar-refractivity contribution in [3.8, 4) is 22.6 Å². The maximum Gasteiger partial charge on any atom is 0.410 e. The second-order valence-corrected chi connectivity index (χ2v) is 10.2. The van der Waals surface area contributed by atoms with Crippen molar-refractivity contribution >= 4 is 38.7 Å². The summed E-state index contributed by atoms with van der Waals surface area (Å²) in [6.07, 6.45) is 0.221. The SMILES string of the molecule is CC(C)(C)OC(=O)N1CC[C@H](C(=O)Nc2nc3ccc(-c4ccc5c(c4)OCO5)cc3s2)C1. The summed E-state index contributed by atoms with van der Waals surface area (Å²) in [7, 11) is 0.